The van der Waals surface area contributed by atoms with Crippen molar-refractivity contribution in [2.24, 2.45) is 0 Å². The predicted octanol–water partition coefficient (Wildman–Crippen LogP) is 2.90. The SMILES string of the molecule is CN(C)c1ccc(CNS(=O)(=O)c2cc3c(cc2Br)OCCO3)cc1F. The van der Waals surface area contributed by atoms with Gasteiger partial charge in [0.25, 0.3) is 0 Å². The standard InChI is InChI=1S/C17H18BrFN2O4S/c1-21(2)14-4-3-11(7-13(14)19)10-20-26(22,23)17-9-16-15(8-12(17)18)24-5-6-25-16/h3-4,7-9,20H,5-6,10H2,1-2H3. The third-order valence-electron chi connectivity index (χ3n) is 3.85. The lowest BCUT2D eigenvalue weighted by molar-refractivity contribution is 0.171. The molecule has 0 aliphatic carbocycles. The van der Waals surface area contributed by atoms with Crippen LogP contribution in [-0.2, 0) is 16.6 Å². The summed E-state index contributed by atoms with van der Waals surface area (Å²) < 4.78 is 53.0. The Hall–Kier alpha value is -1.84. The van der Waals surface area contributed by atoms with E-state index in [0.717, 1.165) is 0 Å². The fraction of sp³-hybridized carbons (Fsp3) is 0.294. The van der Waals surface area contributed by atoms with Crippen molar-refractivity contribution in [1.29, 1.82) is 0 Å². The molecule has 1 heterocycles. The Morgan fingerprint density at radius 3 is 2.42 bits per heavy atom. The second-order valence-electron chi connectivity index (χ2n) is 5.93. The van der Waals surface area contributed by atoms with Gasteiger partial charge in [0.15, 0.2) is 11.5 Å². The van der Waals surface area contributed by atoms with Crippen LogP contribution in [0.5, 0.6) is 11.5 Å². The molecular formula is C17H18BrFN2O4S. The van der Waals surface area contributed by atoms with Crippen molar-refractivity contribution in [2.75, 3.05) is 32.2 Å². The summed E-state index contributed by atoms with van der Waals surface area (Å²) in [5, 5.41) is 0. The maximum Gasteiger partial charge on any atom is 0.242 e. The van der Waals surface area contributed by atoms with Crippen LogP contribution in [0.25, 0.3) is 0 Å². The predicted molar refractivity (Wildman–Crippen MR) is 99.9 cm³/mol. The van der Waals surface area contributed by atoms with Crippen molar-refractivity contribution in [2.45, 2.75) is 11.4 Å². The second kappa shape index (κ2) is 7.42. The minimum absolute atomic E-state index is 0.0339. The van der Waals surface area contributed by atoms with Gasteiger partial charge in [-0.25, -0.2) is 17.5 Å². The summed E-state index contributed by atoms with van der Waals surface area (Å²) in [6.45, 7) is 0.741. The molecule has 0 saturated carbocycles. The zero-order chi connectivity index (χ0) is 18.9. The number of nitrogens with zero attached hydrogens (tertiary/aromatic N) is 1. The van der Waals surface area contributed by atoms with Crippen molar-refractivity contribution < 1.29 is 22.3 Å². The first-order valence-corrected chi connectivity index (χ1v) is 10.1. The number of sulfonamides is 1. The minimum Gasteiger partial charge on any atom is -0.486 e. The fourth-order valence-corrected chi connectivity index (χ4v) is 4.58. The Balaban J connectivity index is 1.80. The molecule has 1 aliphatic rings. The maximum atomic E-state index is 14.0. The van der Waals surface area contributed by atoms with Crippen LogP contribution in [0, 0.1) is 5.82 Å². The van der Waals surface area contributed by atoms with Crippen molar-refractivity contribution >= 4 is 31.6 Å². The molecule has 2 aromatic rings. The van der Waals surface area contributed by atoms with Gasteiger partial charge in [-0.1, -0.05) is 6.07 Å². The zero-order valence-corrected chi connectivity index (χ0v) is 16.7. The van der Waals surface area contributed by atoms with E-state index in [-0.39, 0.29) is 11.4 Å². The number of ether oxygens (including phenoxy) is 2. The molecule has 1 N–H and O–H groups in total. The van der Waals surface area contributed by atoms with Gasteiger partial charge in [0.05, 0.1) is 5.69 Å². The minimum atomic E-state index is -3.83. The molecule has 9 heteroatoms. The summed E-state index contributed by atoms with van der Waals surface area (Å²) in [5.41, 5.74) is 0.955. The molecule has 0 atom stereocenters. The number of hydrogen-bond donors (Lipinski definition) is 1. The van der Waals surface area contributed by atoms with E-state index in [1.165, 1.54) is 12.1 Å². The van der Waals surface area contributed by atoms with Crippen molar-refractivity contribution in [1.82, 2.24) is 4.72 Å². The lowest BCUT2D eigenvalue weighted by Gasteiger charge is -2.20. The molecule has 0 spiro atoms. The van der Waals surface area contributed by atoms with Gasteiger partial charge in [-0.2, -0.15) is 0 Å². The van der Waals surface area contributed by atoms with E-state index in [1.807, 2.05) is 0 Å². The smallest absolute Gasteiger partial charge is 0.242 e. The highest BCUT2D eigenvalue weighted by molar-refractivity contribution is 9.10. The molecule has 2 aromatic carbocycles. The molecule has 0 saturated heterocycles. The zero-order valence-electron chi connectivity index (χ0n) is 14.3. The summed E-state index contributed by atoms with van der Waals surface area (Å²) in [6.07, 6.45) is 0. The number of nitrogens with one attached hydrogen (secondary N) is 1. The number of rotatable bonds is 5. The Morgan fingerprint density at radius 1 is 1.15 bits per heavy atom. The Morgan fingerprint density at radius 2 is 1.81 bits per heavy atom. The molecule has 0 bridgehead atoms. The first-order valence-electron chi connectivity index (χ1n) is 7.82. The molecule has 3 rings (SSSR count). The summed E-state index contributed by atoms with van der Waals surface area (Å²) >= 11 is 3.25. The van der Waals surface area contributed by atoms with Gasteiger partial charge in [-0.05, 0) is 39.7 Å². The number of fused-ring (bicyclic) bond motifs is 1. The largest absolute Gasteiger partial charge is 0.486 e. The molecule has 0 unspecified atom stereocenters. The Bertz CT molecular complexity index is 935. The van der Waals surface area contributed by atoms with Crippen LogP contribution in [0.1, 0.15) is 5.56 Å². The van der Waals surface area contributed by atoms with Crippen LogP contribution < -0.4 is 19.1 Å². The monoisotopic (exact) mass is 444 g/mol. The summed E-state index contributed by atoms with van der Waals surface area (Å²) in [7, 11) is -0.355. The average Bonchev–Trinajstić information content (AvgIpc) is 2.59. The molecule has 26 heavy (non-hydrogen) atoms. The van der Waals surface area contributed by atoms with E-state index in [9.17, 15) is 12.8 Å². The van der Waals surface area contributed by atoms with E-state index in [1.54, 1.807) is 37.2 Å². The number of halogens is 2. The second-order valence-corrected chi connectivity index (χ2v) is 8.52. The maximum absolute atomic E-state index is 14.0. The van der Waals surface area contributed by atoms with Gasteiger partial charge in [0.1, 0.15) is 23.9 Å². The summed E-state index contributed by atoms with van der Waals surface area (Å²) in [4.78, 5) is 1.68. The third-order valence-corrected chi connectivity index (χ3v) is 6.21. The van der Waals surface area contributed by atoms with Crippen molar-refractivity contribution in [3.63, 3.8) is 0 Å². The summed E-state index contributed by atoms with van der Waals surface area (Å²) in [6, 6.07) is 7.58. The van der Waals surface area contributed by atoms with Crippen LogP contribution in [0.3, 0.4) is 0 Å². The van der Waals surface area contributed by atoms with E-state index >= 15 is 0 Å². The van der Waals surface area contributed by atoms with Gasteiger partial charge in [0, 0.05) is 31.2 Å². The Kier molecular flexibility index (Phi) is 5.40. The van der Waals surface area contributed by atoms with Crippen LogP contribution in [-0.4, -0.2) is 35.7 Å². The van der Waals surface area contributed by atoms with E-state index in [0.29, 0.717) is 40.4 Å². The topological polar surface area (TPSA) is 67.9 Å². The highest BCUT2D eigenvalue weighted by Gasteiger charge is 2.23. The van der Waals surface area contributed by atoms with Gasteiger partial charge < -0.3 is 14.4 Å². The molecule has 0 radical (unpaired) electrons. The normalized spacial score (nSPS) is 13.5. The highest BCUT2D eigenvalue weighted by Crippen LogP contribution is 2.37. The Labute approximate surface area is 160 Å². The fourth-order valence-electron chi connectivity index (χ4n) is 2.53. The van der Waals surface area contributed by atoms with Crippen LogP contribution in [0.4, 0.5) is 10.1 Å². The van der Waals surface area contributed by atoms with E-state index < -0.39 is 15.8 Å². The quantitative estimate of drug-likeness (QED) is 0.767. The molecule has 0 aromatic heterocycles. The van der Waals surface area contributed by atoms with Gasteiger partial charge >= 0.3 is 0 Å². The van der Waals surface area contributed by atoms with Crippen LogP contribution >= 0.6 is 15.9 Å². The number of benzene rings is 2. The van der Waals surface area contributed by atoms with Crippen LogP contribution in [0.2, 0.25) is 0 Å². The average molecular weight is 445 g/mol. The van der Waals surface area contributed by atoms with E-state index in [2.05, 4.69) is 20.7 Å². The molecule has 1 aliphatic heterocycles. The van der Waals surface area contributed by atoms with Crippen molar-refractivity contribution in [3.8, 4) is 11.5 Å². The number of hydrogen-bond acceptors (Lipinski definition) is 5. The van der Waals surface area contributed by atoms with Crippen molar-refractivity contribution in [3.05, 3.63) is 46.2 Å². The molecule has 0 amide bonds. The molecule has 6 nitrogen and oxygen atoms in total. The molecule has 140 valence electrons. The van der Waals surface area contributed by atoms with Crippen LogP contribution in [0.15, 0.2) is 39.7 Å². The lowest BCUT2D eigenvalue weighted by Crippen LogP contribution is -2.24. The third kappa shape index (κ3) is 3.94. The summed E-state index contributed by atoms with van der Waals surface area (Å²) in [5.74, 6) is 0.455. The molecule has 0 fully saturated rings. The first kappa shape index (κ1) is 18.9. The highest BCUT2D eigenvalue weighted by atomic mass is 79.9. The van der Waals surface area contributed by atoms with Gasteiger partial charge in [-0.15, -0.1) is 0 Å². The molecular weight excluding hydrogens is 427 g/mol. The lowest BCUT2D eigenvalue weighted by atomic mass is 10.2. The van der Waals surface area contributed by atoms with E-state index in [4.69, 9.17) is 9.47 Å². The first-order chi connectivity index (χ1) is 12.3. The number of anilines is 1. The van der Waals surface area contributed by atoms with Gasteiger partial charge in [0.2, 0.25) is 10.0 Å². The van der Waals surface area contributed by atoms with Gasteiger partial charge in [-0.3, -0.25) is 0 Å².